The minimum atomic E-state index is -0.503. The summed E-state index contributed by atoms with van der Waals surface area (Å²) in [6.07, 6.45) is 0. The van der Waals surface area contributed by atoms with E-state index in [-0.39, 0.29) is 13.1 Å². The lowest BCUT2D eigenvalue weighted by Gasteiger charge is -2.14. The number of anilines is 1. The van der Waals surface area contributed by atoms with Crippen LogP contribution < -0.4 is 5.32 Å². The van der Waals surface area contributed by atoms with E-state index in [4.69, 9.17) is 0 Å². The molecule has 0 aromatic heterocycles. The summed E-state index contributed by atoms with van der Waals surface area (Å²) in [6, 6.07) is 3.45. The molecule has 4 amide bonds. The van der Waals surface area contributed by atoms with Crippen molar-refractivity contribution < 1.29 is 18.8 Å². The number of halogens is 1. The third-order valence-electron chi connectivity index (χ3n) is 3.00. The molecule has 0 saturated carbocycles. The number of carbonyl (C=O) groups excluding carboxylic acids is 3. The molecule has 106 valence electrons. The summed E-state index contributed by atoms with van der Waals surface area (Å²) in [5, 5.41) is 2.55. The van der Waals surface area contributed by atoms with E-state index in [1.54, 1.807) is 6.92 Å². The van der Waals surface area contributed by atoms with Gasteiger partial charge in [-0.15, -0.1) is 0 Å². The fourth-order valence-electron chi connectivity index (χ4n) is 1.93. The molecule has 20 heavy (non-hydrogen) atoms. The van der Waals surface area contributed by atoms with Gasteiger partial charge in [-0.3, -0.25) is 14.5 Å². The van der Waals surface area contributed by atoms with Crippen LogP contribution in [0.1, 0.15) is 5.56 Å². The van der Waals surface area contributed by atoms with E-state index < -0.39 is 23.7 Å². The predicted octanol–water partition coefficient (Wildman–Crippen LogP) is 0.967. The number of nitrogens with one attached hydrogen (secondary N) is 1. The van der Waals surface area contributed by atoms with Crippen molar-refractivity contribution in [1.82, 2.24) is 9.80 Å². The second-order valence-electron chi connectivity index (χ2n) is 4.63. The van der Waals surface area contributed by atoms with Crippen molar-refractivity contribution in [2.24, 2.45) is 0 Å². The Morgan fingerprint density at radius 1 is 1.40 bits per heavy atom. The molecule has 1 aromatic rings. The third kappa shape index (κ3) is 2.76. The highest BCUT2D eigenvalue weighted by atomic mass is 19.1. The topological polar surface area (TPSA) is 69.7 Å². The van der Waals surface area contributed by atoms with Crippen molar-refractivity contribution in [3.8, 4) is 0 Å². The number of rotatable bonds is 3. The predicted molar refractivity (Wildman–Crippen MR) is 69.5 cm³/mol. The van der Waals surface area contributed by atoms with E-state index in [1.807, 2.05) is 0 Å². The van der Waals surface area contributed by atoms with E-state index in [9.17, 15) is 18.8 Å². The molecular weight excluding hydrogens is 265 g/mol. The molecule has 1 saturated heterocycles. The van der Waals surface area contributed by atoms with Crippen molar-refractivity contribution in [2.75, 3.05) is 25.5 Å². The number of hydrogen-bond acceptors (Lipinski definition) is 3. The summed E-state index contributed by atoms with van der Waals surface area (Å²) in [5.41, 5.74) is 1.01. The fourth-order valence-corrected chi connectivity index (χ4v) is 1.93. The molecule has 0 radical (unpaired) electrons. The van der Waals surface area contributed by atoms with E-state index in [2.05, 4.69) is 5.32 Å². The normalized spacial score (nSPS) is 14.9. The van der Waals surface area contributed by atoms with Crippen LogP contribution in [0.5, 0.6) is 0 Å². The van der Waals surface area contributed by atoms with Crippen LogP contribution >= 0.6 is 0 Å². The zero-order valence-electron chi connectivity index (χ0n) is 11.1. The smallest absolute Gasteiger partial charge is 0.324 e. The Balaban J connectivity index is 2.03. The molecule has 0 atom stereocenters. The van der Waals surface area contributed by atoms with Crippen LogP contribution in [0.2, 0.25) is 0 Å². The lowest BCUT2D eigenvalue weighted by molar-refractivity contribution is -0.129. The van der Waals surface area contributed by atoms with Crippen LogP contribution in [-0.4, -0.2) is 47.8 Å². The number of carbonyl (C=O) groups is 3. The van der Waals surface area contributed by atoms with Crippen LogP contribution in [0.4, 0.5) is 14.9 Å². The molecule has 1 aromatic carbocycles. The van der Waals surface area contributed by atoms with E-state index >= 15 is 0 Å². The van der Waals surface area contributed by atoms with Crippen LogP contribution in [0.25, 0.3) is 0 Å². The average molecular weight is 279 g/mol. The second-order valence-corrected chi connectivity index (χ2v) is 4.63. The first-order valence-electron chi connectivity index (χ1n) is 6.00. The summed E-state index contributed by atoms with van der Waals surface area (Å²) in [5.74, 6) is -1.31. The van der Waals surface area contributed by atoms with Gasteiger partial charge in [0.1, 0.15) is 18.9 Å². The van der Waals surface area contributed by atoms with Gasteiger partial charge in [0.15, 0.2) is 0 Å². The highest BCUT2D eigenvalue weighted by molar-refractivity contribution is 6.06. The van der Waals surface area contributed by atoms with Gasteiger partial charge in [-0.25, -0.2) is 9.18 Å². The van der Waals surface area contributed by atoms with Crippen LogP contribution in [0.15, 0.2) is 18.2 Å². The number of imide groups is 1. The Morgan fingerprint density at radius 2 is 2.10 bits per heavy atom. The molecule has 0 unspecified atom stereocenters. The molecule has 1 aliphatic heterocycles. The summed E-state index contributed by atoms with van der Waals surface area (Å²) in [7, 11) is 1.49. The lowest BCUT2D eigenvalue weighted by atomic mass is 10.2. The van der Waals surface area contributed by atoms with Gasteiger partial charge in [-0.1, -0.05) is 0 Å². The highest BCUT2D eigenvalue weighted by Crippen LogP contribution is 2.16. The first-order chi connectivity index (χ1) is 9.38. The SMILES string of the molecule is Cc1cc(F)ccc1NC(=O)CN1C(=O)CN(C)C1=O. The number of urea groups is 1. The monoisotopic (exact) mass is 279 g/mol. The first-order valence-corrected chi connectivity index (χ1v) is 6.00. The van der Waals surface area contributed by atoms with Gasteiger partial charge in [0.05, 0.1) is 0 Å². The largest absolute Gasteiger partial charge is 0.327 e. The Bertz CT molecular complexity index is 588. The molecule has 0 aliphatic carbocycles. The molecule has 7 heteroatoms. The molecule has 2 rings (SSSR count). The van der Waals surface area contributed by atoms with Gasteiger partial charge in [0.25, 0.3) is 5.91 Å². The van der Waals surface area contributed by atoms with Gasteiger partial charge in [-0.2, -0.15) is 0 Å². The molecular formula is C13H14FN3O3. The average Bonchev–Trinajstić information content (AvgIpc) is 2.60. The molecule has 1 aliphatic rings. The Kier molecular flexibility index (Phi) is 3.69. The number of amides is 4. The fraction of sp³-hybridized carbons (Fsp3) is 0.308. The van der Waals surface area contributed by atoms with Crippen LogP contribution in [0.3, 0.4) is 0 Å². The molecule has 0 bridgehead atoms. The summed E-state index contributed by atoms with van der Waals surface area (Å²) in [4.78, 5) is 37.1. The van der Waals surface area contributed by atoms with Crippen molar-refractivity contribution in [1.29, 1.82) is 0 Å². The maximum Gasteiger partial charge on any atom is 0.327 e. The van der Waals surface area contributed by atoms with Crippen LogP contribution in [0, 0.1) is 12.7 Å². The minimum absolute atomic E-state index is 0.0261. The van der Waals surface area contributed by atoms with E-state index in [0.717, 1.165) is 4.90 Å². The van der Waals surface area contributed by atoms with Gasteiger partial charge in [-0.05, 0) is 30.7 Å². The van der Waals surface area contributed by atoms with Gasteiger partial charge in [0.2, 0.25) is 5.91 Å². The van der Waals surface area contributed by atoms with Crippen molar-refractivity contribution in [3.63, 3.8) is 0 Å². The molecule has 1 N–H and O–H groups in total. The molecule has 6 nitrogen and oxygen atoms in total. The summed E-state index contributed by atoms with van der Waals surface area (Å²) in [6.45, 7) is 1.28. The third-order valence-corrected chi connectivity index (χ3v) is 3.00. The van der Waals surface area contributed by atoms with Crippen LogP contribution in [-0.2, 0) is 9.59 Å². The lowest BCUT2D eigenvalue weighted by Crippen LogP contribution is -2.38. The zero-order valence-corrected chi connectivity index (χ0v) is 11.1. The quantitative estimate of drug-likeness (QED) is 0.838. The maximum absolute atomic E-state index is 12.9. The summed E-state index contributed by atoms with van der Waals surface area (Å²) < 4.78 is 12.9. The number of hydrogen-bond donors (Lipinski definition) is 1. The first kappa shape index (κ1) is 14.0. The number of likely N-dealkylation sites (N-methyl/N-ethyl adjacent to an activating group) is 1. The van der Waals surface area contributed by atoms with Crippen molar-refractivity contribution in [2.45, 2.75) is 6.92 Å². The molecule has 0 spiro atoms. The van der Waals surface area contributed by atoms with E-state index in [0.29, 0.717) is 11.3 Å². The number of nitrogens with zero attached hydrogens (tertiary/aromatic N) is 2. The maximum atomic E-state index is 12.9. The van der Waals surface area contributed by atoms with Crippen molar-refractivity contribution >= 4 is 23.5 Å². The second kappa shape index (κ2) is 5.28. The van der Waals surface area contributed by atoms with Gasteiger partial charge in [0, 0.05) is 12.7 Å². The summed E-state index contributed by atoms with van der Waals surface area (Å²) >= 11 is 0. The molecule has 1 fully saturated rings. The van der Waals surface area contributed by atoms with Gasteiger partial charge < -0.3 is 10.2 Å². The standard InChI is InChI=1S/C13H14FN3O3/c1-8-5-9(14)3-4-10(8)15-11(18)6-17-12(19)7-16(2)13(17)20/h3-5H,6-7H2,1-2H3,(H,15,18). The number of aryl methyl sites for hydroxylation is 1. The molecule has 1 heterocycles. The Labute approximate surface area is 115 Å². The number of benzene rings is 1. The highest BCUT2D eigenvalue weighted by Gasteiger charge is 2.34. The Hall–Kier alpha value is -2.44. The minimum Gasteiger partial charge on any atom is -0.324 e. The van der Waals surface area contributed by atoms with Crippen molar-refractivity contribution in [3.05, 3.63) is 29.6 Å². The Morgan fingerprint density at radius 3 is 2.65 bits per heavy atom. The van der Waals surface area contributed by atoms with Gasteiger partial charge >= 0.3 is 6.03 Å². The van der Waals surface area contributed by atoms with E-state index in [1.165, 1.54) is 30.1 Å². The zero-order chi connectivity index (χ0) is 14.9.